The highest BCUT2D eigenvalue weighted by molar-refractivity contribution is 5.82. The molecule has 1 aromatic carbocycles. The van der Waals surface area contributed by atoms with E-state index >= 15 is 0 Å². The molecule has 0 aliphatic carbocycles. The van der Waals surface area contributed by atoms with Crippen LogP contribution in [-0.2, 0) is 6.54 Å². The van der Waals surface area contributed by atoms with E-state index in [1.165, 1.54) is 10.9 Å². The molecular formula is C16H23N3. The fraction of sp³-hybridized carbons (Fsp3) is 0.438. The average Bonchev–Trinajstić information content (AvgIpc) is 2.42. The maximum atomic E-state index is 4.57. The molecule has 0 fully saturated rings. The van der Waals surface area contributed by atoms with Gasteiger partial charge < -0.3 is 10.6 Å². The summed E-state index contributed by atoms with van der Waals surface area (Å²) in [5.41, 5.74) is 3.52. The number of nitrogens with one attached hydrogen (secondary N) is 2. The summed E-state index contributed by atoms with van der Waals surface area (Å²) in [4.78, 5) is 4.57. The van der Waals surface area contributed by atoms with Crippen molar-refractivity contribution < 1.29 is 0 Å². The van der Waals surface area contributed by atoms with Crippen LogP contribution in [0, 0.1) is 6.92 Å². The first kappa shape index (κ1) is 14.0. The van der Waals surface area contributed by atoms with E-state index in [-0.39, 0.29) is 0 Å². The molecule has 0 saturated heterocycles. The summed E-state index contributed by atoms with van der Waals surface area (Å²) in [5, 5.41) is 8.10. The molecule has 2 N–H and O–H groups in total. The summed E-state index contributed by atoms with van der Waals surface area (Å²) >= 11 is 0. The molecule has 1 heterocycles. The Hall–Kier alpha value is -1.45. The zero-order valence-electron chi connectivity index (χ0n) is 11.9. The largest absolute Gasteiger partial charge is 0.317 e. The normalized spacial score (nSPS) is 11.1. The molecule has 0 spiro atoms. The number of aryl methyl sites for hydroxylation is 1. The van der Waals surface area contributed by atoms with Crippen LogP contribution in [0.2, 0.25) is 0 Å². The molecule has 0 bridgehead atoms. The number of fused-ring (bicyclic) bond motifs is 1. The lowest BCUT2D eigenvalue weighted by atomic mass is 10.1. The second-order valence-corrected chi connectivity index (χ2v) is 4.82. The molecule has 2 rings (SSSR count). The second-order valence-electron chi connectivity index (χ2n) is 4.82. The van der Waals surface area contributed by atoms with E-state index in [9.17, 15) is 0 Å². The molecule has 19 heavy (non-hydrogen) atoms. The average molecular weight is 257 g/mol. The van der Waals surface area contributed by atoms with Crippen molar-refractivity contribution in [2.24, 2.45) is 0 Å². The van der Waals surface area contributed by atoms with E-state index < -0.39 is 0 Å². The third kappa shape index (κ3) is 4.01. The number of nitrogens with zero attached hydrogens (tertiary/aromatic N) is 1. The van der Waals surface area contributed by atoms with Crippen LogP contribution < -0.4 is 10.6 Å². The SMILES string of the molecule is CCNCCCNCc1cc(C)nc2ccccc12. The van der Waals surface area contributed by atoms with Crippen LogP contribution in [-0.4, -0.2) is 24.6 Å². The number of pyridine rings is 1. The molecule has 0 amide bonds. The number of benzene rings is 1. The van der Waals surface area contributed by atoms with Gasteiger partial charge in [0.25, 0.3) is 0 Å². The minimum Gasteiger partial charge on any atom is -0.317 e. The lowest BCUT2D eigenvalue weighted by Crippen LogP contribution is -2.21. The number of hydrogen-bond donors (Lipinski definition) is 2. The predicted molar refractivity (Wildman–Crippen MR) is 81.3 cm³/mol. The highest BCUT2D eigenvalue weighted by Gasteiger charge is 2.02. The molecule has 1 aromatic heterocycles. The van der Waals surface area contributed by atoms with Crippen LogP contribution in [0.3, 0.4) is 0 Å². The topological polar surface area (TPSA) is 37.0 Å². The van der Waals surface area contributed by atoms with E-state index in [2.05, 4.69) is 53.7 Å². The van der Waals surface area contributed by atoms with Crippen molar-refractivity contribution in [1.29, 1.82) is 0 Å². The van der Waals surface area contributed by atoms with Crippen molar-refractivity contribution in [2.75, 3.05) is 19.6 Å². The molecule has 3 nitrogen and oxygen atoms in total. The van der Waals surface area contributed by atoms with Crippen molar-refractivity contribution in [1.82, 2.24) is 15.6 Å². The summed E-state index contributed by atoms with van der Waals surface area (Å²) in [6, 6.07) is 10.5. The van der Waals surface area contributed by atoms with Crippen LogP contribution in [0.15, 0.2) is 30.3 Å². The standard InChI is InChI=1S/C16H23N3/c1-3-17-9-6-10-18-12-14-11-13(2)19-16-8-5-4-7-15(14)16/h4-5,7-8,11,17-18H,3,6,9-10,12H2,1-2H3. The number of rotatable bonds is 7. The molecule has 0 aliphatic rings. The highest BCUT2D eigenvalue weighted by Crippen LogP contribution is 2.17. The monoisotopic (exact) mass is 257 g/mol. The summed E-state index contributed by atoms with van der Waals surface area (Å²) in [6.07, 6.45) is 1.16. The minimum atomic E-state index is 0.913. The third-order valence-electron chi connectivity index (χ3n) is 3.20. The zero-order valence-corrected chi connectivity index (χ0v) is 11.9. The molecule has 0 radical (unpaired) electrons. The van der Waals surface area contributed by atoms with Crippen LogP contribution in [0.5, 0.6) is 0 Å². The number of hydrogen-bond acceptors (Lipinski definition) is 3. The van der Waals surface area contributed by atoms with E-state index in [1.807, 2.05) is 6.07 Å². The second kappa shape index (κ2) is 7.22. The Morgan fingerprint density at radius 3 is 2.74 bits per heavy atom. The Bertz CT molecular complexity index is 522. The molecular weight excluding hydrogens is 234 g/mol. The Kier molecular flexibility index (Phi) is 5.31. The summed E-state index contributed by atoms with van der Waals surface area (Å²) in [6.45, 7) is 8.28. The Morgan fingerprint density at radius 1 is 1.11 bits per heavy atom. The van der Waals surface area contributed by atoms with Gasteiger partial charge in [-0.25, -0.2) is 0 Å². The molecule has 0 saturated carbocycles. The van der Waals surface area contributed by atoms with Gasteiger partial charge in [0.1, 0.15) is 0 Å². The maximum Gasteiger partial charge on any atom is 0.0708 e. The molecule has 3 heteroatoms. The van der Waals surface area contributed by atoms with Crippen LogP contribution in [0.4, 0.5) is 0 Å². The number of aromatic nitrogens is 1. The number of para-hydroxylation sites is 1. The van der Waals surface area contributed by atoms with Crippen LogP contribution in [0.1, 0.15) is 24.6 Å². The predicted octanol–water partition coefficient (Wildman–Crippen LogP) is 2.63. The molecule has 0 atom stereocenters. The van der Waals surface area contributed by atoms with Crippen molar-refractivity contribution in [3.05, 3.63) is 41.6 Å². The first-order valence-electron chi connectivity index (χ1n) is 7.08. The van der Waals surface area contributed by atoms with E-state index in [4.69, 9.17) is 0 Å². The Balaban J connectivity index is 1.96. The van der Waals surface area contributed by atoms with Crippen LogP contribution in [0.25, 0.3) is 10.9 Å². The van der Waals surface area contributed by atoms with Gasteiger partial charge in [0.2, 0.25) is 0 Å². The van der Waals surface area contributed by atoms with Gasteiger partial charge in [0.05, 0.1) is 5.52 Å². The van der Waals surface area contributed by atoms with E-state index in [1.54, 1.807) is 0 Å². The van der Waals surface area contributed by atoms with Crippen molar-refractivity contribution in [3.8, 4) is 0 Å². The first-order valence-corrected chi connectivity index (χ1v) is 7.08. The third-order valence-corrected chi connectivity index (χ3v) is 3.20. The molecule has 102 valence electrons. The maximum absolute atomic E-state index is 4.57. The smallest absolute Gasteiger partial charge is 0.0708 e. The van der Waals surface area contributed by atoms with Gasteiger partial charge in [-0.05, 0) is 50.7 Å². The quantitative estimate of drug-likeness (QED) is 0.749. The summed E-state index contributed by atoms with van der Waals surface area (Å²) in [5.74, 6) is 0. The van der Waals surface area contributed by atoms with Gasteiger partial charge in [-0.15, -0.1) is 0 Å². The van der Waals surface area contributed by atoms with Gasteiger partial charge in [-0.1, -0.05) is 25.1 Å². The van der Waals surface area contributed by atoms with Crippen LogP contribution >= 0.6 is 0 Å². The summed E-state index contributed by atoms with van der Waals surface area (Å²) < 4.78 is 0. The first-order chi connectivity index (χ1) is 9.31. The Labute approximate surface area is 115 Å². The minimum absolute atomic E-state index is 0.913. The molecule has 0 aliphatic heterocycles. The van der Waals surface area contributed by atoms with Gasteiger partial charge in [0.15, 0.2) is 0 Å². The van der Waals surface area contributed by atoms with E-state index in [0.29, 0.717) is 0 Å². The van der Waals surface area contributed by atoms with E-state index in [0.717, 1.165) is 43.8 Å². The fourth-order valence-corrected chi connectivity index (χ4v) is 2.28. The summed E-state index contributed by atoms with van der Waals surface area (Å²) in [7, 11) is 0. The van der Waals surface area contributed by atoms with Gasteiger partial charge >= 0.3 is 0 Å². The molecule has 0 unspecified atom stereocenters. The zero-order chi connectivity index (χ0) is 13.5. The fourth-order valence-electron chi connectivity index (χ4n) is 2.28. The van der Waals surface area contributed by atoms with Crippen molar-refractivity contribution >= 4 is 10.9 Å². The van der Waals surface area contributed by atoms with Gasteiger partial charge in [0, 0.05) is 17.6 Å². The van der Waals surface area contributed by atoms with Gasteiger partial charge in [-0.3, -0.25) is 4.98 Å². The lowest BCUT2D eigenvalue weighted by Gasteiger charge is -2.09. The van der Waals surface area contributed by atoms with Crippen molar-refractivity contribution in [3.63, 3.8) is 0 Å². The molecule has 2 aromatic rings. The highest BCUT2D eigenvalue weighted by atomic mass is 14.9. The van der Waals surface area contributed by atoms with Crippen molar-refractivity contribution in [2.45, 2.75) is 26.8 Å². The Morgan fingerprint density at radius 2 is 1.89 bits per heavy atom. The van der Waals surface area contributed by atoms with Gasteiger partial charge in [-0.2, -0.15) is 0 Å². The lowest BCUT2D eigenvalue weighted by molar-refractivity contribution is 0.607.